The van der Waals surface area contributed by atoms with Gasteiger partial charge in [0.2, 0.25) is 0 Å². The van der Waals surface area contributed by atoms with E-state index in [4.69, 9.17) is 12.8 Å². The highest BCUT2D eigenvalue weighted by Gasteiger charge is 2.07. The van der Waals surface area contributed by atoms with Crippen LogP contribution in [0, 0.1) is 24.7 Å². The summed E-state index contributed by atoms with van der Waals surface area (Å²) in [7, 11) is 0. The van der Waals surface area contributed by atoms with Gasteiger partial charge in [0.05, 0.1) is 11.9 Å². The highest BCUT2D eigenvalue weighted by atomic mass is 79.9. The van der Waals surface area contributed by atoms with Crippen molar-refractivity contribution in [1.82, 2.24) is 9.78 Å². The predicted octanol–water partition coefficient (Wildman–Crippen LogP) is 1.46. The second-order valence-electron chi connectivity index (χ2n) is 3.27. The van der Waals surface area contributed by atoms with Crippen LogP contribution in [0.1, 0.15) is 12.8 Å². The molecule has 1 rings (SSSR count). The molecular weight excluding hydrogens is 282 g/mol. The number of hydrogen-bond acceptors (Lipinski definition) is 3. The molecule has 1 heterocycles. The van der Waals surface area contributed by atoms with E-state index in [0.717, 1.165) is 6.42 Å². The van der Waals surface area contributed by atoms with Crippen molar-refractivity contribution < 1.29 is 0 Å². The van der Waals surface area contributed by atoms with Gasteiger partial charge in [0.25, 0.3) is 5.56 Å². The van der Waals surface area contributed by atoms with Crippen molar-refractivity contribution in [3.05, 3.63) is 21.0 Å². The van der Waals surface area contributed by atoms with E-state index >= 15 is 0 Å². The number of terminal acetylenes is 2. The van der Waals surface area contributed by atoms with Crippen molar-refractivity contribution in [3.8, 4) is 24.7 Å². The van der Waals surface area contributed by atoms with Crippen molar-refractivity contribution in [3.63, 3.8) is 0 Å². The molecule has 0 aliphatic carbocycles. The second kappa shape index (κ2) is 6.78. The highest BCUT2D eigenvalue weighted by Crippen LogP contribution is 2.15. The molecule has 0 aromatic carbocycles. The summed E-state index contributed by atoms with van der Waals surface area (Å²) in [4.78, 5) is 11.8. The van der Waals surface area contributed by atoms with Gasteiger partial charge in [-0.2, -0.15) is 5.10 Å². The van der Waals surface area contributed by atoms with E-state index in [2.05, 4.69) is 38.2 Å². The summed E-state index contributed by atoms with van der Waals surface area (Å²) >= 11 is 3.23. The van der Waals surface area contributed by atoms with E-state index in [1.807, 2.05) is 0 Å². The van der Waals surface area contributed by atoms with Gasteiger partial charge in [-0.3, -0.25) is 4.79 Å². The average Bonchev–Trinajstić information content (AvgIpc) is 2.33. The molecule has 0 radical (unpaired) electrons. The normalized spacial score (nSPS) is 9.35. The summed E-state index contributed by atoms with van der Waals surface area (Å²) in [5.41, 5.74) is 0.408. The minimum atomic E-state index is -0.245. The van der Waals surface area contributed by atoms with Gasteiger partial charge in [0, 0.05) is 13.0 Å². The van der Waals surface area contributed by atoms with E-state index in [9.17, 15) is 4.79 Å². The van der Waals surface area contributed by atoms with Crippen molar-refractivity contribution >= 4 is 21.6 Å². The highest BCUT2D eigenvalue weighted by molar-refractivity contribution is 9.10. The Balaban J connectivity index is 2.76. The molecule has 0 fully saturated rings. The topological polar surface area (TPSA) is 46.9 Å². The van der Waals surface area contributed by atoms with Crippen LogP contribution in [-0.2, 0) is 6.54 Å². The van der Waals surface area contributed by atoms with Crippen LogP contribution in [-0.4, -0.2) is 16.3 Å². The molecule has 17 heavy (non-hydrogen) atoms. The Kier molecular flexibility index (Phi) is 5.32. The fourth-order valence-electron chi connectivity index (χ4n) is 1.20. The van der Waals surface area contributed by atoms with E-state index in [1.54, 1.807) is 6.20 Å². The summed E-state index contributed by atoms with van der Waals surface area (Å²) in [5, 5.41) is 7.04. The molecule has 0 atom stereocenters. The standard InChI is InChI=1S/C12H12BrN3O/c1-3-5-6-7-14-10-9-15-16(8-4-2)12(17)11(10)13/h1-2,9,14H,5-8H2. The summed E-state index contributed by atoms with van der Waals surface area (Å²) in [6, 6.07) is 0. The van der Waals surface area contributed by atoms with Gasteiger partial charge in [-0.15, -0.1) is 18.8 Å². The summed E-state index contributed by atoms with van der Waals surface area (Å²) in [6.45, 7) is 0.859. The van der Waals surface area contributed by atoms with Gasteiger partial charge in [0.1, 0.15) is 11.0 Å². The molecule has 1 N–H and O–H groups in total. The first-order valence-corrected chi connectivity index (χ1v) is 5.86. The lowest BCUT2D eigenvalue weighted by Crippen LogP contribution is -2.24. The molecule has 0 amide bonds. The monoisotopic (exact) mass is 293 g/mol. The van der Waals surface area contributed by atoms with Crippen LogP contribution in [0.2, 0.25) is 0 Å². The molecular formula is C12H12BrN3O. The zero-order valence-corrected chi connectivity index (χ0v) is 10.8. The summed E-state index contributed by atoms with van der Waals surface area (Å²) in [6.07, 6.45) is 13.4. The molecule has 0 spiro atoms. The number of anilines is 1. The molecule has 4 nitrogen and oxygen atoms in total. The van der Waals surface area contributed by atoms with Crippen LogP contribution >= 0.6 is 15.9 Å². The molecule has 0 saturated heterocycles. The number of nitrogens with one attached hydrogen (secondary N) is 1. The molecule has 0 unspecified atom stereocenters. The molecule has 1 aromatic heterocycles. The maximum atomic E-state index is 11.8. The third kappa shape index (κ3) is 3.65. The van der Waals surface area contributed by atoms with Gasteiger partial charge in [-0.05, 0) is 22.4 Å². The minimum Gasteiger partial charge on any atom is -0.383 e. The lowest BCUT2D eigenvalue weighted by molar-refractivity contribution is 0.659. The Morgan fingerprint density at radius 2 is 2.24 bits per heavy atom. The fourth-order valence-corrected chi connectivity index (χ4v) is 1.65. The lowest BCUT2D eigenvalue weighted by atomic mass is 10.3. The van der Waals surface area contributed by atoms with E-state index in [1.165, 1.54) is 4.68 Å². The summed E-state index contributed by atoms with van der Waals surface area (Å²) in [5.74, 6) is 4.92. The third-order valence-electron chi connectivity index (χ3n) is 2.04. The third-order valence-corrected chi connectivity index (χ3v) is 2.81. The quantitative estimate of drug-likeness (QED) is 0.661. The van der Waals surface area contributed by atoms with E-state index in [0.29, 0.717) is 23.1 Å². The van der Waals surface area contributed by atoms with Gasteiger partial charge < -0.3 is 5.32 Å². The first kappa shape index (κ1) is 13.3. The van der Waals surface area contributed by atoms with Crippen LogP contribution in [0.3, 0.4) is 0 Å². The van der Waals surface area contributed by atoms with Gasteiger partial charge in [-0.1, -0.05) is 5.92 Å². The molecule has 0 aliphatic heterocycles. The Hall–Kier alpha value is -1.72. The van der Waals surface area contributed by atoms with E-state index < -0.39 is 0 Å². The molecule has 88 valence electrons. The van der Waals surface area contributed by atoms with Crippen LogP contribution < -0.4 is 10.9 Å². The Morgan fingerprint density at radius 1 is 1.47 bits per heavy atom. The van der Waals surface area contributed by atoms with Crippen molar-refractivity contribution in [1.29, 1.82) is 0 Å². The predicted molar refractivity (Wildman–Crippen MR) is 71.6 cm³/mol. The van der Waals surface area contributed by atoms with Gasteiger partial charge in [-0.25, -0.2) is 4.68 Å². The number of halogens is 1. The Labute approximate surface area is 109 Å². The number of rotatable bonds is 5. The van der Waals surface area contributed by atoms with Gasteiger partial charge >= 0.3 is 0 Å². The van der Waals surface area contributed by atoms with Crippen LogP contribution in [0.25, 0.3) is 0 Å². The van der Waals surface area contributed by atoms with Gasteiger partial charge in [0.15, 0.2) is 0 Å². The zero-order chi connectivity index (χ0) is 12.7. The number of nitrogens with zero attached hydrogens (tertiary/aromatic N) is 2. The molecule has 5 heteroatoms. The first-order chi connectivity index (χ1) is 8.20. The van der Waals surface area contributed by atoms with Crippen molar-refractivity contribution in [2.24, 2.45) is 0 Å². The number of unbranched alkanes of at least 4 members (excludes halogenated alkanes) is 1. The molecule has 0 bridgehead atoms. The van der Waals surface area contributed by atoms with Crippen molar-refractivity contribution in [2.75, 3.05) is 11.9 Å². The SMILES string of the molecule is C#CCCCNc1cnn(CC#C)c(=O)c1Br. The minimum absolute atomic E-state index is 0.162. The maximum Gasteiger partial charge on any atom is 0.284 e. The van der Waals surface area contributed by atoms with E-state index in [-0.39, 0.29) is 12.1 Å². The smallest absolute Gasteiger partial charge is 0.284 e. The summed E-state index contributed by atoms with van der Waals surface area (Å²) < 4.78 is 1.65. The van der Waals surface area contributed by atoms with Crippen LogP contribution in [0.4, 0.5) is 5.69 Å². The number of hydrogen-bond donors (Lipinski definition) is 1. The molecule has 0 saturated carbocycles. The zero-order valence-electron chi connectivity index (χ0n) is 9.24. The van der Waals surface area contributed by atoms with Crippen molar-refractivity contribution in [2.45, 2.75) is 19.4 Å². The Morgan fingerprint density at radius 3 is 2.88 bits per heavy atom. The average molecular weight is 294 g/mol. The molecule has 1 aromatic rings. The lowest BCUT2D eigenvalue weighted by Gasteiger charge is -2.08. The largest absolute Gasteiger partial charge is 0.383 e. The first-order valence-electron chi connectivity index (χ1n) is 5.07. The maximum absolute atomic E-state index is 11.8. The molecule has 0 aliphatic rings. The van der Waals surface area contributed by atoms with Crippen LogP contribution in [0.15, 0.2) is 15.5 Å². The second-order valence-corrected chi connectivity index (χ2v) is 4.07. The number of aromatic nitrogens is 2. The van der Waals surface area contributed by atoms with Crippen LogP contribution in [0.5, 0.6) is 0 Å². The fraction of sp³-hybridized carbons (Fsp3) is 0.333. The Bertz CT molecular complexity index is 522.